The fourth-order valence-corrected chi connectivity index (χ4v) is 3.69. The second-order valence-corrected chi connectivity index (χ2v) is 7.59. The Labute approximate surface area is 165 Å². The molecule has 1 aliphatic heterocycles. The summed E-state index contributed by atoms with van der Waals surface area (Å²) in [4.78, 5) is 26.8. The van der Waals surface area contributed by atoms with Crippen LogP contribution in [0.25, 0.3) is 11.0 Å². The monoisotopic (exact) mass is 426 g/mol. The number of fused-ring (bicyclic) bond motifs is 1. The van der Waals surface area contributed by atoms with Crippen LogP contribution in [0.3, 0.4) is 0 Å². The molecule has 27 heavy (non-hydrogen) atoms. The molecule has 1 N–H and O–H groups in total. The number of rotatable bonds is 4. The maximum absolute atomic E-state index is 12.5. The van der Waals surface area contributed by atoms with Crippen molar-refractivity contribution in [2.45, 2.75) is 19.4 Å². The van der Waals surface area contributed by atoms with Crippen LogP contribution in [-0.2, 0) is 6.54 Å². The molecule has 2 amide bonds. The van der Waals surface area contributed by atoms with E-state index in [2.05, 4.69) is 21.2 Å². The summed E-state index contributed by atoms with van der Waals surface area (Å²) in [6.45, 7) is 1.98. The molecule has 0 aliphatic carbocycles. The van der Waals surface area contributed by atoms with Gasteiger partial charge < -0.3 is 14.6 Å². The third kappa shape index (κ3) is 3.90. The van der Waals surface area contributed by atoms with Crippen LogP contribution in [0.2, 0.25) is 0 Å². The highest BCUT2D eigenvalue weighted by molar-refractivity contribution is 9.10. The fraction of sp³-hybridized carbons (Fsp3) is 0.238. The predicted molar refractivity (Wildman–Crippen MR) is 107 cm³/mol. The van der Waals surface area contributed by atoms with E-state index in [-0.39, 0.29) is 17.6 Å². The second-order valence-electron chi connectivity index (χ2n) is 6.68. The molecule has 1 aromatic heterocycles. The van der Waals surface area contributed by atoms with Crippen LogP contribution in [0.15, 0.2) is 57.4 Å². The number of nitrogens with one attached hydrogen (secondary N) is 1. The van der Waals surface area contributed by atoms with E-state index in [4.69, 9.17) is 4.42 Å². The van der Waals surface area contributed by atoms with Crippen molar-refractivity contribution < 1.29 is 14.0 Å². The number of carbonyl (C=O) groups is 2. The average Bonchev–Trinajstić information content (AvgIpc) is 3.35. The smallest absolute Gasteiger partial charge is 0.287 e. The van der Waals surface area contributed by atoms with E-state index in [0.29, 0.717) is 17.7 Å². The summed E-state index contributed by atoms with van der Waals surface area (Å²) in [5, 5.41) is 3.73. The van der Waals surface area contributed by atoms with Crippen LogP contribution >= 0.6 is 15.9 Å². The van der Waals surface area contributed by atoms with Gasteiger partial charge in [0.1, 0.15) is 5.58 Å². The molecule has 138 valence electrons. The highest BCUT2D eigenvalue weighted by Gasteiger charge is 2.19. The lowest BCUT2D eigenvalue weighted by Crippen LogP contribution is -2.28. The van der Waals surface area contributed by atoms with Gasteiger partial charge in [0.15, 0.2) is 5.76 Å². The number of hydrogen-bond acceptors (Lipinski definition) is 3. The summed E-state index contributed by atoms with van der Waals surface area (Å²) < 4.78 is 6.54. The van der Waals surface area contributed by atoms with E-state index in [1.165, 1.54) is 0 Å². The Balaban J connectivity index is 1.43. The minimum Gasteiger partial charge on any atom is -0.451 e. The van der Waals surface area contributed by atoms with Crippen LogP contribution in [0.1, 0.15) is 39.3 Å². The number of amides is 2. The van der Waals surface area contributed by atoms with Gasteiger partial charge in [-0.05, 0) is 54.8 Å². The molecule has 0 saturated carbocycles. The maximum Gasteiger partial charge on any atom is 0.287 e. The molecule has 1 fully saturated rings. The molecule has 1 saturated heterocycles. The van der Waals surface area contributed by atoms with Crippen LogP contribution in [-0.4, -0.2) is 29.8 Å². The second kappa shape index (κ2) is 7.56. The number of carbonyl (C=O) groups excluding carboxylic acids is 2. The number of hydrogen-bond donors (Lipinski definition) is 1. The molecule has 3 aromatic rings. The molecule has 4 rings (SSSR count). The molecule has 0 atom stereocenters. The molecule has 6 heteroatoms. The molecule has 1 aliphatic rings. The number of nitrogens with zero attached hydrogens (tertiary/aromatic N) is 1. The lowest BCUT2D eigenvalue weighted by atomic mass is 10.1. The average molecular weight is 427 g/mol. The fourth-order valence-electron chi connectivity index (χ4n) is 3.31. The normalized spacial score (nSPS) is 13.9. The van der Waals surface area contributed by atoms with Gasteiger partial charge in [-0.3, -0.25) is 9.59 Å². The van der Waals surface area contributed by atoms with Gasteiger partial charge in [0, 0.05) is 35.1 Å². The zero-order chi connectivity index (χ0) is 18.8. The molecular formula is C21H19BrN2O3. The Kier molecular flexibility index (Phi) is 4.99. The van der Waals surface area contributed by atoms with Gasteiger partial charge in [-0.2, -0.15) is 0 Å². The van der Waals surface area contributed by atoms with Crippen molar-refractivity contribution in [2.75, 3.05) is 13.1 Å². The topological polar surface area (TPSA) is 62.6 Å². The van der Waals surface area contributed by atoms with Crippen molar-refractivity contribution in [1.82, 2.24) is 10.2 Å². The van der Waals surface area contributed by atoms with Gasteiger partial charge in [-0.25, -0.2) is 0 Å². The zero-order valence-electron chi connectivity index (χ0n) is 14.7. The van der Waals surface area contributed by atoms with Crippen LogP contribution in [0.4, 0.5) is 0 Å². The molecule has 2 aromatic carbocycles. The molecule has 0 radical (unpaired) electrons. The van der Waals surface area contributed by atoms with Crippen LogP contribution in [0, 0.1) is 0 Å². The van der Waals surface area contributed by atoms with Gasteiger partial charge in [-0.1, -0.05) is 28.1 Å². The first-order valence-electron chi connectivity index (χ1n) is 8.96. The van der Waals surface area contributed by atoms with E-state index in [0.717, 1.165) is 41.4 Å². The first-order valence-corrected chi connectivity index (χ1v) is 9.75. The first kappa shape index (κ1) is 17.8. The summed E-state index contributed by atoms with van der Waals surface area (Å²) in [5.41, 5.74) is 2.21. The van der Waals surface area contributed by atoms with Crippen molar-refractivity contribution >= 4 is 38.7 Å². The van der Waals surface area contributed by atoms with Crippen molar-refractivity contribution in [3.8, 4) is 0 Å². The molecular weight excluding hydrogens is 408 g/mol. The Bertz CT molecular complexity index is 1010. The lowest BCUT2D eigenvalue weighted by molar-refractivity contribution is 0.0792. The lowest BCUT2D eigenvalue weighted by Gasteiger charge is -2.15. The van der Waals surface area contributed by atoms with Crippen molar-refractivity contribution in [1.29, 1.82) is 0 Å². The number of likely N-dealkylation sites (tertiary alicyclic amines) is 1. The SMILES string of the molecule is O=C(NCc1cccc(C(=O)N2CCCC2)c1)c1cc2cc(Br)ccc2o1. The third-order valence-corrected chi connectivity index (χ3v) is 5.22. The minimum absolute atomic E-state index is 0.0588. The van der Waals surface area contributed by atoms with E-state index in [9.17, 15) is 9.59 Å². The van der Waals surface area contributed by atoms with Crippen molar-refractivity contribution in [3.63, 3.8) is 0 Å². The number of benzene rings is 2. The van der Waals surface area contributed by atoms with E-state index >= 15 is 0 Å². The molecule has 0 bridgehead atoms. The summed E-state index contributed by atoms with van der Waals surface area (Å²) in [6.07, 6.45) is 2.13. The summed E-state index contributed by atoms with van der Waals surface area (Å²) in [6, 6.07) is 14.7. The van der Waals surface area contributed by atoms with Gasteiger partial charge >= 0.3 is 0 Å². The first-order chi connectivity index (χ1) is 13.1. The highest BCUT2D eigenvalue weighted by Crippen LogP contribution is 2.23. The van der Waals surface area contributed by atoms with Crippen LogP contribution < -0.4 is 5.32 Å². The van der Waals surface area contributed by atoms with Crippen molar-refractivity contribution in [3.05, 3.63) is 69.9 Å². The van der Waals surface area contributed by atoms with E-state index < -0.39 is 0 Å². The summed E-state index contributed by atoms with van der Waals surface area (Å²) in [7, 11) is 0. The molecule has 2 heterocycles. The molecule has 5 nitrogen and oxygen atoms in total. The Morgan fingerprint density at radius 3 is 2.70 bits per heavy atom. The predicted octanol–water partition coefficient (Wildman–Crippen LogP) is 4.36. The highest BCUT2D eigenvalue weighted by atomic mass is 79.9. The third-order valence-electron chi connectivity index (χ3n) is 4.72. The minimum atomic E-state index is -0.279. The van der Waals surface area contributed by atoms with Gasteiger partial charge in [-0.15, -0.1) is 0 Å². The van der Waals surface area contributed by atoms with Gasteiger partial charge in [0.25, 0.3) is 11.8 Å². The Morgan fingerprint density at radius 1 is 1.07 bits per heavy atom. The summed E-state index contributed by atoms with van der Waals surface area (Å²) >= 11 is 3.41. The largest absolute Gasteiger partial charge is 0.451 e. The van der Waals surface area contributed by atoms with Gasteiger partial charge in [0.2, 0.25) is 0 Å². The Hall–Kier alpha value is -2.60. The molecule has 0 spiro atoms. The standard InChI is InChI=1S/C21H19BrN2O3/c22-17-6-7-18-16(11-17)12-19(27-18)20(25)23-13-14-4-3-5-15(10-14)21(26)24-8-1-2-9-24/h3-7,10-12H,1-2,8-9,13H2,(H,23,25). The van der Waals surface area contributed by atoms with E-state index in [1.54, 1.807) is 6.07 Å². The number of furan rings is 1. The molecule has 0 unspecified atom stereocenters. The van der Waals surface area contributed by atoms with E-state index in [1.807, 2.05) is 47.4 Å². The van der Waals surface area contributed by atoms with Crippen LogP contribution in [0.5, 0.6) is 0 Å². The maximum atomic E-state index is 12.5. The zero-order valence-corrected chi connectivity index (χ0v) is 16.3. The quantitative estimate of drug-likeness (QED) is 0.673. The summed E-state index contributed by atoms with van der Waals surface area (Å²) in [5.74, 6) is 0.0505. The number of halogens is 1. The van der Waals surface area contributed by atoms with Crippen molar-refractivity contribution in [2.24, 2.45) is 0 Å². The van der Waals surface area contributed by atoms with Gasteiger partial charge in [0.05, 0.1) is 0 Å². The Morgan fingerprint density at radius 2 is 1.89 bits per heavy atom.